The Labute approximate surface area is 190 Å². The lowest BCUT2D eigenvalue weighted by Gasteiger charge is -2.39. The summed E-state index contributed by atoms with van der Waals surface area (Å²) in [5.41, 5.74) is 5.36. The van der Waals surface area contributed by atoms with Crippen LogP contribution in [0.4, 0.5) is 0 Å². The first kappa shape index (κ1) is 19.0. The van der Waals surface area contributed by atoms with E-state index in [9.17, 15) is 0 Å². The SMILES string of the molecule is C[Si]1(c2ccccc2)C(c2ccccc2)=C(c2ccccc2)c2cccc3cccc1c23. The smallest absolute Gasteiger partial charge is 0.0624 e. The largest absolute Gasteiger partial charge is 0.147 e. The summed E-state index contributed by atoms with van der Waals surface area (Å²) in [6.45, 7) is 2.54. The molecule has 32 heavy (non-hydrogen) atoms. The Hall–Kier alpha value is -3.68. The molecule has 0 saturated heterocycles. The van der Waals surface area contributed by atoms with Crippen LogP contribution < -0.4 is 10.4 Å². The fourth-order valence-electron chi connectivity index (χ4n) is 5.50. The first-order valence-electron chi connectivity index (χ1n) is 11.2. The topological polar surface area (TPSA) is 0 Å². The van der Waals surface area contributed by atoms with E-state index >= 15 is 0 Å². The molecule has 0 aromatic heterocycles. The molecule has 152 valence electrons. The molecule has 6 rings (SSSR count). The summed E-state index contributed by atoms with van der Waals surface area (Å²) in [6.07, 6.45) is 0. The first-order chi connectivity index (χ1) is 15.8. The summed E-state index contributed by atoms with van der Waals surface area (Å²) in [5.74, 6) is 0. The average molecular weight is 425 g/mol. The van der Waals surface area contributed by atoms with Crippen molar-refractivity contribution < 1.29 is 0 Å². The predicted molar refractivity (Wildman–Crippen MR) is 140 cm³/mol. The average Bonchev–Trinajstić information content (AvgIpc) is 2.87. The van der Waals surface area contributed by atoms with Crippen LogP contribution in [-0.2, 0) is 0 Å². The molecule has 1 atom stereocenters. The Balaban J connectivity index is 1.86. The highest BCUT2D eigenvalue weighted by Crippen LogP contribution is 2.44. The molecule has 0 nitrogen and oxygen atoms in total. The monoisotopic (exact) mass is 424 g/mol. The van der Waals surface area contributed by atoms with Gasteiger partial charge in [0, 0.05) is 0 Å². The zero-order valence-corrected chi connectivity index (χ0v) is 19.1. The van der Waals surface area contributed by atoms with Crippen LogP contribution in [0, 0.1) is 0 Å². The van der Waals surface area contributed by atoms with Crippen LogP contribution in [-0.4, -0.2) is 8.07 Å². The van der Waals surface area contributed by atoms with E-state index in [1.54, 1.807) is 0 Å². The van der Waals surface area contributed by atoms with Crippen LogP contribution in [0.1, 0.15) is 16.7 Å². The Kier molecular flexibility index (Phi) is 4.45. The second-order valence-electron chi connectivity index (χ2n) is 8.68. The molecule has 0 radical (unpaired) electrons. The molecule has 0 amide bonds. The molecular formula is C31H24Si. The fourth-order valence-corrected chi connectivity index (χ4v) is 9.96. The highest BCUT2D eigenvalue weighted by molar-refractivity contribution is 7.16. The number of hydrogen-bond acceptors (Lipinski definition) is 0. The highest BCUT2D eigenvalue weighted by Gasteiger charge is 2.43. The molecule has 5 aromatic carbocycles. The first-order valence-corrected chi connectivity index (χ1v) is 13.7. The second kappa shape index (κ2) is 7.47. The Morgan fingerprint density at radius 2 is 1.06 bits per heavy atom. The van der Waals surface area contributed by atoms with Gasteiger partial charge in [-0.05, 0) is 48.6 Å². The zero-order chi connectivity index (χ0) is 21.5. The highest BCUT2D eigenvalue weighted by atomic mass is 28.3. The van der Waals surface area contributed by atoms with Gasteiger partial charge in [-0.1, -0.05) is 134 Å². The molecule has 0 fully saturated rings. The van der Waals surface area contributed by atoms with Crippen LogP contribution in [0.15, 0.2) is 127 Å². The molecule has 0 saturated carbocycles. The van der Waals surface area contributed by atoms with Gasteiger partial charge in [-0.25, -0.2) is 0 Å². The van der Waals surface area contributed by atoms with Gasteiger partial charge in [0.05, 0.1) is 0 Å². The van der Waals surface area contributed by atoms with E-state index in [-0.39, 0.29) is 0 Å². The van der Waals surface area contributed by atoms with Gasteiger partial charge in [0.25, 0.3) is 0 Å². The van der Waals surface area contributed by atoms with Crippen molar-refractivity contribution >= 4 is 40.0 Å². The minimum atomic E-state index is -2.30. The molecule has 0 bridgehead atoms. The summed E-state index contributed by atoms with van der Waals surface area (Å²) in [4.78, 5) is 0. The summed E-state index contributed by atoms with van der Waals surface area (Å²) in [5, 5.41) is 7.22. The second-order valence-corrected chi connectivity index (χ2v) is 12.5. The van der Waals surface area contributed by atoms with Crippen molar-refractivity contribution in [1.29, 1.82) is 0 Å². The minimum Gasteiger partial charge on any atom is -0.0624 e. The molecule has 1 unspecified atom stereocenters. The minimum absolute atomic E-state index is 1.29. The van der Waals surface area contributed by atoms with Crippen molar-refractivity contribution in [2.24, 2.45) is 0 Å². The maximum atomic E-state index is 2.54. The summed E-state index contributed by atoms with van der Waals surface area (Å²) in [6, 6.07) is 46.9. The maximum absolute atomic E-state index is 2.54. The van der Waals surface area contributed by atoms with E-state index in [0.717, 1.165) is 0 Å². The normalized spacial score (nSPS) is 17.5. The Morgan fingerprint density at radius 1 is 0.500 bits per heavy atom. The van der Waals surface area contributed by atoms with Crippen molar-refractivity contribution in [2.75, 3.05) is 0 Å². The molecule has 0 spiro atoms. The fraction of sp³-hybridized carbons (Fsp3) is 0.0323. The number of hydrogen-bond donors (Lipinski definition) is 0. The van der Waals surface area contributed by atoms with Crippen LogP contribution in [0.5, 0.6) is 0 Å². The van der Waals surface area contributed by atoms with E-state index in [4.69, 9.17) is 0 Å². The van der Waals surface area contributed by atoms with Gasteiger partial charge in [0.2, 0.25) is 0 Å². The predicted octanol–water partition coefficient (Wildman–Crippen LogP) is 6.54. The van der Waals surface area contributed by atoms with Crippen LogP contribution in [0.2, 0.25) is 6.55 Å². The van der Waals surface area contributed by atoms with Crippen molar-refractivity contribution in [3.05, 3.63) is 144 Å². The van der Waals surface area contributed by atoms with E-state index in [1.165, 1.54) is 48.6 Å². The molecule has 1 heteroatoms. The molecule has 0 aliphatic carbocycles. The lowest BCUT2D eigenvalue weighted by Crippen LogP contribution is -2.58. The maximum Gasteiger partial charge on any atom is 0.147 e. The van der Waals surface area contributed by atoms with Gasteiger partial charge in [-0.3, -0.25) is 0 Å². The lowest BCUT2D eigenvalue weighted by molar-refractivity contribution is 1.55. The molecular weight excluding hydrogens is 400 g/mol. The number of benzene rings is 5. The van der Waals surface area contributed by atoms with Crippen molar-refractivity contribution in [3.63, 3.8) is 0 Å². The van der Waals surface area contributed by atoms with Gasteiger partial charge in [-0.15, -0.1) is 0 Å². The third kappa shape index (κ3) is 2.75. The van der Waals surface area contributed by atoms with E-state index < -0.39 is 8.07 Å². The van der Waals surface area contributed by atoms with Crippen LogP contribution in [0.25, 0.3) is 21.5 Å². The van der Waals surface area contributed by atoms with Gasteiger partial charge < -0.3 is 0 Å². The lowest BCUT2D eigenvalue weighted by atomic mass is 9.91. The van der Waals surface area contributed by atoms with Crippen LogP contribution in [0.3, 0.4) is 0 Å². The molecule has 1 aliphatic rings. The molecule has 0 N–H and O–H groups in total. The van der Waals surface area contributed by atoms with Crippen molar-refractivity contribution in [1.82, 2.24) is 0 Å². The van der Waals surface area contributed by atoms with Gasteiger partial charge in [0.1, 0.15) is 8.07 Å². The quantitative estimate of drug-likeness (QED) is 0.288. The molecule has 5 aromatic rings. The Morgan fingerprint density at radius 3 is 1.72 bits per heavy atom. The van der Waals surface area contributed by atoms with Crippen LogP contribution >= 0.6 is 0 Å². The van der Waals surface area contributed by atoms with Gasteiger partial charge in [-0.2, -0.15) is 0 Å². The number of rotatable bonds is 3. The van der Waals surface area contributed by atoms with Gasteiger partial charge >= 0.3 is 0 Å². The molecule has 1 heterocycles. The van der Waals surface area contributed by atoms with E-state index in [2.05, 4.69) is 134 Å². The summed E-state index contributed by atoms with van der Waals surface area (Å²) >= 11 is 0. The standard InChI is InChI=1S/C31H24Si/c1-32(26-19-9-4-10-20-26)28-22-12-18-23-17-11-21-27(29(23)28)30(24-13-5-2-6-14-24)31(32)25-15-7-3-8-16-25/h2-22H,1H3. The molecule has 1 aliphatic heterocycles. The van der Waals surface area contributed by atoms with Crippen molar-refractivity contribution in [3.8, 4) is 0 Å². The summed E-state index contributed by atoms with van der Waals surface area (Å²) in [7, 11) is -2.30. The third-order valence-electron chi connectivity index (χ3n) is 6.94. The zero-order valence-electron chi connectivity index (χ0n) is 18.1. The van der Waals surface area contributed by atoms with Gasteiger partial charge in [0.15, 0.2) is 0 Å². The Bertz CT molecular complexity index is 1450. The van der Waals surface area contributed by atoms with Crippen molar-refractivity contribution in [2.45, 2.75) is 6.55 Å². The third-order valence-corrected chi connectivity index (χ3v) is 11.5. The van der Waals surface area contributed by atoms with E-state index in [1.807, 2.05) is 0 Å². The van der Waals surface area contributed by atoms with E-state index in [0.29, 0.717) is 0 Å². The summed E-state index contributed by atoms with van der Waals surface area (Å²) < 4.78 is 0.